The van der Waals surface area contributed by atoms with Crippen LogP contribution >= 0.6 is 0 Å². The number of aliphatic carboxylic acids is 1. The highest BCUT2D eigenvalue weighted by molar-refractivity contribution is 5.85. The van der Waals surface area contributed by atoms with Crippen molar-refractivity contribution in [3.8, 4) is 5.75 Å². The maximum absolute atomic E-state index is 11.8. The Kier molecular flexibility index (Phi) is 7.59. The molecule has 0 heterocycles. The van der Waals surface area contributed by atoms with Crippen molar-refractivity contribution in [3.63, 3.8) is 0 Å². The summed E-state index contributed by atoms with van der Waals surface area (Å²) in [5, 5.41) is 11.6. The van der Waals surface area contributed by atoms with Gasteiger partial charge in [0.05, 0.1) is 20.1 Å². The van der Waals surface area contributed by atoms with E-state index < -0.39 is 23.9 Å². The van der Waals surface area contributed by atoms with Crippen LogP contribution in [0, 0.1) is 0 Å². The molecule has 0 spiro atoms. The maximum atomic E-state index is 11.8. The van der Waals surface area contributed by atoms with Gasteiger partial charge in [-0.15, -0.1) is 0 Å². The van der Waals surface area contributed by atoms with E-state index in [4.69, 9.17) is 9.47 Å². The van der Waals surface area contributed by atoms with Crippen molar-refractivity contribution < 1.29 is 29.0 Å². The molecule has 7 heteroatoms. The van der Waals surface area contributed by atoms with E-state index in [1.54, 1.807) is 38.3 Å². The average Bonchev–Trinajstić information content (AvgIpc) is 2.53. The molecule has 0 bridgehead atoms. The van der Waals surface area contributed by atoms with Crippen LogP contribution in [0.2, 0.25) is 0 Å². The lowest BCUT2D eigenvalue weighted by Crippen LogP contribution is -2.42. The molecule has 0 unspecified atom stereocenters. The highest BCUT2D eigenvalue weighted by Crippen LogP contribution is 2.13. The van der Waals surface area contributed by atoms with Crippen molar-refractivity contribution in [1.29, 1.82) is 0 Å². The highest BCUT2D eigenvalue weighted by atomic mass is 16.5. The van der Waals surface area contributed by atoms with E-state index in [-0.39, 0.29) is 25.9 Å². The second-order valence-corrected chi connectivity index (χ2v) is 4.82. The monoisotopic (exact) mass is 323 g/mol. The van der Waals surface area contributed by atoms with E-state index in [0.29, 0.717) is 5.75 Å². The minimum absolute atomic E-state index is 0.0749. The summed E-state index contributed by atoms with van der Waals surface area (Å²) in [7, 11) is 1.54. The van der Waals surface area contributed by atoms with Gasteiger partial charge in [0.1, 0.15) is 11.8 Å². The van der Waals surface area contributed by atoms with Crippen LogP contribution in [-0.2, 0) is 25.5 Å². The van der Waals surface area contributed by atoms with E-state index in [0.717, 1.165) is 5.56 Å². The summed E-state index contributed by atoms with van der Waals surface area (Å²) in [4.78, 5) is 34.2. The molecule has 0 aliphatic rings. The summed E-state index contributed by atoms with van der Waals surface area (Å²) in [6.07, 6.45) is -0.0375. The largest absolute Gasteiger partial charge is 0.497 e. The predicted molar refractivity (Wildman–Crippen MR) is 82.1 cm³/mol. The first-order chi connectivity index (χ1) is 11.0. The Morgan fingerprint density at radius 2 is 1.83 bits per heavy atom. The predicted octanol–water partition coefficient (Wildman–Crippen LogP) is 1.15. The van der Waals surface area contributed by atoms with Crippen molar-refractivity contribution in [2.45, 2.75) is 32.2 Å². The highest BCUT2D eigenvalue weighted by Gasteiger charge is 2.20. The minimum Gasteiger partial charge on any atom is -0.497 e. The summed E-state index contributed by atoms with van der Waals surface area (Å²) in [5.41, 5.74) is 0.754. The van der Waals surface area contributed by atoms with Crippen LogP contribution in [0.3, 0.4) is 0 Å². The number of benzene rings is 1. The lowest BCUT2D eigenvalue weighted by molar-refractivity contribution is -0.144. The van der Waals surface area contributed by atoms with Crippen LogP contribution in [0.25, 0.3) is 0 Å². The van der Waals surface area contributed by atoms with E-state index in [2.05, 4.69) is 5.32 Å². The van der Waals surface area contributed by atoms with Crippen molar-refractivity contribution >= 4 is 17.8 Å². The van der Waals surface area contributed by atoms with Crippen molar-refractivity contribution in [1.82, 2.24) is 5.32 Å². The fourth-order valence-electron chi connectivity index (χ4n) is 1.91. The SMILES string of the molecule is CCOC(=O)CCC(=O)N[C@@H](Cc1ccc(OC)cc1)C(=O)O. The Hall–Kier alpha value is -2.57. The minimum atomic E-state index is -1.13. The lowest BCUT2D eigenvalue weighted by atomic mass is 10.1. The average molecular weight is 323 g/mol. The van der Waals surface area contributed by atoms with Gasteiger partial charge in [0.2, 0.25) is 5.91 Å². The molecule has 0 radical (unpaired) electrons. The van der Waals surface area contributed by atoms with Gasteiger partial charge in [-0.3, -0.25) is 9.59 Å². The Labute approximate surface area is 134 Å². The van der Waals surface area contributed by atoms with Crippen LogP contribution in [0.1, 0.15) is 25.3 Å². The number of carboxylic acids is 1. The summed E-state index contributed by atoms with van der Waals surface area (Å²) in [6.45, 7) is 1.92. The van der Waals surface area contributed by atoms with Gasteiger partial charge in [0, 0.05) is 12.8 Å². The molecule has 0 fully saturated rings. The zero-order valence-corrected chi connectivity index (χ0v) is 13.2. The molecule has 126 valence electrons. The van der Waals surface area contributed by atoms with Crippen LogP contribution in [-0.4, -0.2) is 42.7 Å². The number of carboxylic acid groups (broad SMARTS) is 1. The molecule has 1 aromatic carbocycles. The topological polar surface area (TPSA) is 102 Å². The molecule has 7 nitrogen and oxygen atoms in total. The summed E-state index contributed by atoms with van der Waals surface area (Å²) in [5.74, 6) is -1.45. The van der Waals surface area contributed by atoms with E-state index >= 15 is 0 Å². The van der Waals surface area contributed by atoms with E-state index in [9.17, 15) is 19.5 Å². The molecule has 1 atom stereocenters. The van der Waals surface area contributed by atoms with Gasteiger partial charge < -0.3 is 19.9 Å². The van der Waals surface area contributed by atoms with Gasteiger partial charge in [-0.25, -0.2) is 4.79 Å². The van der Waals surface area contributed by atoms with Crippen molar-refractivity contribution in [2.24, 2.45) is 0 Å². The normalized spacial score (nSPS) is 11.4. The Morgan fingerprint density at radius 1 is 1.17 bits per heavy atom. The molecule has 23 heavy (non-hydrogen) atoms. The molecule has 2 N–H and O–H groups in total. The lowest BCUT2D eigenvalue weighted by Gasteiger charge is -2.15. The molecule has 1 aromatic rings. The molecule has 0 saturated carbocycles. The Balaban J connectivity index is 2.55. The summed E-state index contributed by atoms with van der Waals surface area (Å²) >= 11 is 0. The zero-order chi connectivity index (χ0) is 17.2. The van der Waals surface area contributed by atoms with E-state index in [1.165, 1.54) is 0 Å². The number of rotatable bonds is 9. The number of amides is 1. The van der Waals surface area contributed by atoms with Crippen molar-refractivity contribution in [2.75, 3.05) is 13.7 Å². The second kappa shape index (κ2) is 9.45. The number of ether oxygens (including phenoxy) is 2. The molecule has 0 aliphatic carbocycles. The first-order valence-corrected chi connectivity index (χ1v) is 7.27. The number of hydrogen-bond acceptors (Lipinski definition) is 5. The third-order valence-electron chi connectivity index (χ3n) is 3.09. The van der Waals surface area contributed by atoms with Crippen LogP contribution in [0.15, 0.2) is 24.3 Å². The van der Waals surface area contributed by atoms with Gasteiger partial charge in [-0.2, -0.15) is 0 Å². The van der Waals surface area contributed by atoms with Gasteiger partial charge in [-0.05, 0) is 24.6 Å². The zero-order valence-electron chi connectivity index (χ0n) is 13.2. The molecule has 1 rings (SSSR count). The summed E-state index contributed by atoms with van der Waals surface area (Å²) in [6, 6.07) is 5.85. The van der Waals surface area contributed by atoms with Crippen LogP contribution in [0.5, 0.6) is 5.75 Å². The molecular weight excluding hydrogens is 302 g/mol. The molecule has 0 aromatic heterocycles. The summed E-state index contributed by atoms with van der Waals surface area (Å²) < 4.78 is 9.75. The number of esters is 1. The fraction of sp³-hybridized carbons (Fsp3) is 0.438. The number of carbonyl (C=O) groups is 3. The quantitative estimate of drug-likeness (QED) is 0.661. The van der Waals surface area contributed by atoms with E-state index in [1.807, 2.05) is 0 Å². The van der Waals surface area contributed by atoms with Crippen LogP contribution in [0.4, 0.5) is 0 Å². The fourth-order valence-corrected chi connectivity index (χ4v) is 1.91. The van der Waals surface area contributed by atoms with Crippen LogP contribution < -0.4 is 10.1 Å². The first kappa shape index (κ1) is 18.5. The molecule has 1 amide bonds. The second-order valence-electron chi connectivity index (χ2n) is 4.82. The standard InChI is InChI=1S/C16H21NO6/c1-3-23-15(19)9-8-14(18)17-13(16(20)21)10-11-4-6-12(22-2)7-5-11/h4-7,13H,3,8-10H2,1-2H3,(H,17,18)(H,20,21)/t13-/m0/s1. The number of carbonyl (C=O) groups excluding carboxylic acids is 2. The van der Waals surface area contributed by atoms with Gasteiger partial charge in [-0.1, -0.05) is 12.1 Å². The molecule has 0 aliphatic heterocycles. The smallest absolute Gasteiger partial charge is 0.326 e. The van der Waals surface area contributed by atoms with Gasteiger partial charge in [0.25, 0.3) is 0 Å². The number of methoxy groups -OCH3 is 1. The molecular formula is C16H21NO6. The Morgan fingerprint density at radius 3 is 2.35 bits per heavy atom. The Bertz CT molecular complexity index is 540. The number of nitrogens with one attached hydrogen (secondary N) is 1. The van der Waals surface area contributed by atoms with Gasteiger partial charge >= 0.3 is 11.9 Å². The first-order valence-electron chi connectivity index (χ1n) is 7.27. The third kappa shape index (κ3) is 6.82. The third-order valence-corrected chi connectivity index (χ3v) is 3.09. The molecule has 0 saturated heterocycles. The van der Waals surface area contributed by atoms with Gasteiger partial charge in [0.15, 0.2) is 0 Å². The maximum Gasteiger partial charge on any atom is 0.326 e. The number of hydrogen-bond donors (Lipinski definition) is 2. The van der Waals surface area contributed by atoms with Crippen molar-refractivity contribution in [3.05, 3.63) is 29.8 Å².